The van der Waals surface area contributed by atoms with Crippen molar-refractivity contribution < 1.29 is 23.1 Å². The Labute approximate surface area is 156 Å². The predicted octanol–water partition coefficient (Wildman–Crippen LogP) is 2.58. The van der Waals surface area contributed by atoms with E-state index in [2.05, 4.69) is 52.3 Å². The minimum absolute atomic E-state index is 0.647. The third-order valence-corrected chi connectivity index (χ3v) is 5.26. The molecule has 2 heterocycles. The van der Waals surface area contributed by atoms with Gasteiger partial charge in [-0.25, -0.2) is 4.98 Å². The van der Waals surface area contributed by atoms with Crippen LogP contribution in [-0.2, 0) is 12.7 Å². The van der Waals surface area contributed by atoms with Gasteiger partial charge in [0.1, 0.15) is 38.9 Å². The second-order valence-electron chi connectivity index (χ2n) is 7.01. The molecule has 0 radical (unpaired) electrons. The van der Waals surface area contributed by atoms with Gasteiger partial charge >= 0.3 is 6.18 Å². The number of quaternary nitrogens is 1. The molecule has 1 aromatic heterocycles. The van der Waals surface area contributed by atoms with Gasteiger partial charge in [0.05, 0.1) is 5.56 Å². The van der Waals surface area contributed by atoms with E-state index in [0.29, 0.717) is 0 Å². The standard InChI is InChI=1S/C21H20F3N3/c22-21(23,24)18-8-9-20(25-14-18)27-12-10-26(11-13-27)15-17-6-3-5-16-4-1-2-7-19(16)17/h1-9,14H,10-13,15H2/p+2. The first-order valence-electron chi connectivity index (χ1n) is 9.15. The zero-order chi connectivity index (χ0) is 18.9. The molecule has 4 rings (SSSR count). The number of anilines is 1. The van der Waals surface area contributed by atoms with E-state index >= 15 is 0 Å². The van der Waals surface area contributed by atoms with Crippen LogP contribution in [0.4, 0.5) is 19.0 Å². The largest absolute Gasteiger partial charge is 0.419 e. The van der Waals surface area contributed by atoms with Gasteiger partial charge in [0.2, 0.25) is 0 Å². The molecule has 2 aromatic carbocycles. The number of nitrogens with one attached hydrogen (secondary N) is 2. The average molecular weight is 373 g/mol. The smallest absolute Gasteiger partial charge is 0.325 e. The van der Waals surface area contributed by atoms with E-state index in [1.165, 1.54) is 27.3 Å². The fraction of sp³-hybridized carbons (Fsp3) is 0.286. The SMILES string of the molecule is FC(F)(F)c1ccc(N2CC[NH+](Cc3cccc4ccccc34)CC2)[nH+]c1. The molecule has 1 aliphatic rings. The lowest BCUT2D eigenvalue weighted by Crippen LogP contribution is -3.13. The number of halogens is 3. The van der Waals surface area contributed by atoms with Crippen molar-refractivity contribution in [2.45, 2.75) is 12.7 Å². The Morgan fingerprint density at radius 2 is 1.67 bits per heavy atom. The molecule has 0 spiro atoms. The lowest BCUT2D eigenvalue weighted by molar-refractivity contribution is -0.914. The molecule has 2 N–H and O–H groups in total. The van der Waals surface area contributed by atoms with E-state index in [4.69, 9.17) is 0 Å². The third-order valence-electron chi connectivity index (χ3n) is 5.26. The molecule has 0 atom stereocenters. The second-order valence-corrected chi connectivity index (χ2v) is 7.01. The third kappa shape index (κ3) is 3.90. The molecule has 1 saturated heterocycles. The normalized spacial score (nSPS) is 16.0. The van der Waals surface area contributed by atoms with Crippen LogP contribution in [0.15, 0.2) is 60.8 Å². The number of alkyl halides is 3. The summed E-state index contributed by atoms with van der Waals surface area (Å²) in [7, 11) is 0. The van der Waals surface area contributed by atoms with Crippen molar-refractivity contribution >= 4 is 16.6 Å². The van der Waals surface area contributed by atoms with Crippen LogP contribution in [0.5, 0.6) is 0 Å². The number of pyridine rings is 1. The highest BCUT2D eigenvalue weighted by Crippen LogP contribution is 2.28. The Morgan fingerprint density at radius 1 is 0.926 bits per heavy atom. The van der Waals surface area contributed by atoms with Crippen molar-refractivity contribution in [3.05, 3.63) is 71.9 Å². The van der Waals surface area contributed by atoms with Crippen LogP contribution in [0.2, 0.25) is 0 Å². The van der Waals surface area contributed by atoms with E-state index in [9.17, 15) is 13.2 Å². The number of aromatic nitrogens is 1. The maximum Gasteiger partial charge on any atom is 0.419 e. The molecule has 0 amide bonds. The number of aromatic amines is 1. The highest BCUT2D eigenvalue weighted by Gasteiger charge is 2.33. The van der Waals surface area contributed by atoms with Gasteiger partial charge < -0.3 is 4.90 Å². The van der Waals surface area contributed by atoms with Gasteiger partial charge in [0.15, 0.2) is 0 Å². The molecule has 6 heteroatoms. The fourth-order valence-corrected chi connectivity index (χ4v) is 3.75. The summed E-state index contributed by atoms with van der Waals surface area (Å²) in [6, 6.07) is 17.5. The van der Waals surface area contributed by atoms with Gasteiger partial charge in [0.25, 0.3) is 5.82 Å². The Bertz CT molecular complexity index is 909. The van der Waals surface area contributed by atoms with Crippen molar-refractivity contribution in [3.8, 4) is 0 Å². The van der Waals surface area contributed by atoms with Gasteiger partial charge in [-0.2, -0.15) is 13.2 Å². The van der Waals surface area contributed by atoms with Gasteiger partial charge in [-0.1, -0.05) is 42.5 Å². The molecule has 3 nitrogen and oxygen atoms in total. The van der Waals surface area contributed by atoms with E-state index in [0.717, 1.165) is 50.8 Å². The minimum atomic E-state index is -4.31. The highest BCUT2D eigenvalue weighted by molar-refractivity contribution is 5.85. The van der Waals surface area contributed by atoms with Crippen molar-refractivity contribution in [2.24, 2.45) is 0 Å². The summed E-state index contributed by atoms with van der Waals surface area (Å²) in [5.41, 5.74) is 0.698. The Kier molecular flexibility index (Phi) is 4.74. The molecule has 0 unspecified atom stereocenters. The quantitative estimate of drug-likeness (QED) is 0.749. The average Bonchev–Trinajstić information content (AvgIpc) is 2.68. The van der Waals surface area contributed by atoms with Gasteiger partial charge in [0, 0.05) is 11.6 Å². The van der Waals surface area contributed by atoms with Crippen LogP contribution >= 0.6 is 0 Å². The van der Waals surface area contributed by atoms with Crippen LogP contribution < -0.4 is 14.8 Å². The summed E-state index contributed by atoms with van der Waals surface area (Å²) in [5, 5.41) is 2.55. The molecule has 1 aliphatic heterocycles. The summed E-state index contributed by atoms with van der Waals surface area (Å²) in [4.78, 5) is 6.41. The molecule has 0 aliphatic carbocycles. The molecular weight excluding hydrogens is 351 g/mol. The van der Waals surface area contributed by atoms with Gasteiger partial charge in [-0.05, 0) is 16.8 Å². The van der Waals surface area contributed by atoms with Gasteiger partial charge in [-0.15, -0.1) is 0 Å². The van der Waals surface area contributed by atoms with E-state index in [1.807, 2.05) is 0 Å². The summed E-state index contributed by atoms with van der Waals surface area (Å²) >= 11 is 0. The first-order chi connectivity index (χ1) is 13.0. The van der Waals surface area contributed by atoms with Crippen molar-refractivity contribution in [1.82, 2.24) is 0 Å². The van der Waals surface area contributed by atoms with Gasteiger partial charge in [-0.3, -0.25) is 4.90 Å². The summed E-state index contributed by atoms with van der Waals surface area (Å²) in [6.45, 7) is 4.52. The Hall–Kier alpha value is -2.60. The number of hydrogen-bond donors (Lipinski definition) is 1. The van der Waals surface area contributed by atoms with Crippen molar-refractivity contribution in [3.63, 3.8) is 0 Å². The Morgan fingerprint density at radius 3 is 2.37 bits per heavy atom. The topological polar surface area (TPSA) is 21.8 Å². The van der Waals surface area contributed by atoms with Crippen molar-refractivity contribution in [1.29, 1.82) is 0 Å². The maximum atomic E-state index is 12.7. The number of benzene rings is 2. The summed E-state index contributed by atoms with van der Waals surface area (Å²) in [5.74, 6) is 0.743. The lowest BCUT2D eigenvalue weighted by atomic mass is 10.0. The predicted molar refractivity (Wildman–Crippen MR) is 98.6 cm³/mol. The van der Waals surface area contributed by atoms with E-state index in [-0.39, 0.29) is 0 Å². The van der Waals surface area contributed by atoms with Crippen molar-refractivity contribution in [2.75, 3.05) is 31.1 Å². The van der Waals surface area contributed by atoms with Crippen LogP contribution in [-0.4, -0.2) is 26.2 Å². The number of H-pyrrole nitrogens is 1. The molecule has 140 valence electrons. The number of hydrogen-bond acceptors (Lipinski definition) is 1. The van der Waals surface area contributed by atoms with Crippen LogP contribution in [0.1, 0.15) is 11.1 Å². The first-order valence-corrected chi connectivity index (χ1v) is 9.15. The molecular formula is C21H22F3N3+2. The minimum Gasteiger partial charge on any atom is -0.325 e. The molecule has 27 heavy (non-hydrogen) atoms. The summed E-state index contributed by atoms with van der Waals surface area (Å²) in [6.07, 6.45) is -3.26. The number of fused-ring (bicyclic) bond motifs is 1. The lowest BCUT2D eigenvalue weighted by Gasteiger charge is -2.28. The number of rotatable bonds is 3. The van der Waals surface area contributed by atoms with Crippen LogP contribution in [0.3, 0.4) is 0 Å². The maximum absolute atomic E-state index is 12.7. The number of nitrogens with zero attached hydrogens (tertiary/aromatic N) is 1. The van der Waals surface area contributed by atoms with Crippen LogP contribution in [0.25, 0.3) is 10.8 Å². The van der Waals surface area contributed by atoms with E-state index < -0.39 is 11.7 Å². The number of piperazine rings is 1. The molecule has 3 aromatic rings. The fourth-order valence-electron chi connectivity index (χ4n) is 3.75. The summed E-state index contributed by atoms with van der Waals surface area (Å²) < 4.78 is 38.1. The van der Waals surface area contributed by atoms with Crippen LogP contribution in [0, 0.1) is 0 Å². The van der Waals surface area contributed by atoms with E-state index in [1.54, 1.807) is 0 Å². The molecule has 0 saturated carbocycles. The monoisotopic (exact) mass is 373 g/mol. The zero-order valence-electron chi connectivity index (χ0n) is 14.9. The molecule has 1 fully saturated rings. The molecule has 0 bridgehead atoms. The second kappa shape index (κ2) is 7.19. The highest BCUT2D eigenvalue weighted by atomic mass is 19.4. The first kappa shape index (κ1) is 17.8. The zero-order valence-corrected chi connectivity index (χ0v) is 14.9. The Balaban J connectivity index is 1.40.